The second-order valence-corrected chi connectivity index (χ2v) is 7.15. The molecule has 3 aromatic rings. The molecule has 32 heavy (non-hydrogen) atoms. The highest BCUT2D eigenvalue weighted by Crippen LogP contribution is 2.42. The summed E-state index contributed by atoms with van der Waals surface area (Å²) < 4.78 is 27.7. The first-order chi connectivity index (χ1) is 15.6. The Hall–Kier alpha value is -3.71. The standard InChI is InChI=1S/C25H25NO6/c1-28-19-11-9-16(10-12-19)25-26(20-8-6-5-7-17(20)15-32-25)24(27)18-13-21(29-2)23(31-4)22(14-18)30-3/h5-14,25H,15H2,1-4H3/t25-/m0/s1. The molecule has 4 rings (SSSR count). The molecule has 1 atom stereocenters. The van der Waals surface area contributed by atoms with Crippen LogP contribution in [0.15, 0.2) is 60.7 Å². The lowest BCUT2D eigenvalue weighted by atomic mass is 10.0. The molecule has 1 heterocycles. The van der Waals surface area contributed by atoms with Gasteiger partial charge < -0.3 is 23.7 Å². The minimum Gasteiger partial charge on any atom is -0.497 e. The number of carbonyl (C=O) groups is 1. The van der Waals surface area contributed by atoms with Gasteiger partial charge in [0.1, 0.15) is 5.75 Å². The van der Waals surface area contributed by atoms with E-state index in [0.29, 0.717) is 29.4 Å². The maximum atomic E-state index is 13.9. The van der Waals surface area contributed by atoms with E-state index in [9.17, 15) is 4.79 Å². The Kier molecular flexibility index (Phi) is 6.18. The number of hydrogen-bond donors (Lipinski definition) is 0. The second-order valence-electron chi connectivity index (χ2n) is 7.15. The third-order valence-corrected chi connectivity index (χ3v) is 5.41. The largest absolute Gasteiger partial charge is 0.497 e. The Morgan fingerprint density at radius 1 is 0.875 bits per heavy atom. The summed E-state index contributed by atoms with van der Waals surface area (Å²) in [7, 11) is 6.18. The van der Waals surface area contributed by atoms with Crippen molar-refractivity contribution in [1.82, 2.24) is 0 Å². The molecule has 166 valence electrons. The monoisotopic (exact) mass is 435 g/mol. The topological polar surface area (TPSA) is 66.5 Å². The number of amides is 1. The number of rotatable bonds is 6. The number of fused-ring (bicyclic) bond motifs is 1. The molecule has 0 aliphatic carbocycles. The zero-order valence-corrected chi connectivity index (χ0v) is 18.5. The Balaban J connectivity index is 1.82. The van der Waals surface area contributed by atoms with E-state index in [1.54, 1.807) is 24.1 Å². The Labute approximate surface area is 187 Å². The molecule has 7 heteroatoms. The fourth-order valence-corrected chi connectivity index (χ4v) is 3.81. The van der Waals surface area contributed by atoms with Crippen molar-refractivity contribution in [2.45, 2.75) is 12.8 Å². The Bertz CT molecular complexity index is 1090. The van der Waals surface area contributed by atoms with Gasteiger partial charge in [-0.25, -0.2) is 0 Å². The van der Waals surface area contributed by atoms with Crippen molar-refractivity contribution >= 4 is 11.6 Å². The molecule has 0 bridgehead atoms. The van der Waals surface area contributed by atoms with Crippen molar-refractivity contribution in [3.8, 4) is 23.0 Å². The summed E-state index contributed by atoms with van der Waals surface area (Å²) in [5.41, 5.74) is 2.94. The number of para-hydroxylation sites is 1. The molecule has 7 nitrogen and oxygen atoms in total. The summed E-state index contributed by atoms with van der Waals surface area (Å²) in [5.74, 6) is 1.71. The summed E-state index contributed by atoms with van der Waals surface area (Å²) in [4.78, 5) is 15.5. The van der Waals surface area contributed by atoms with E-state index in [2.05, 4.69) is 0 Å². The second kappa shape index (κ2) is 9.20. The van der Waals surface area contributed by atoms with Gasteiger partial charge in [-0.1, -0.05) is 30.3 Å². The van der Waals surface area contributed by atoms with Crippen molar-refractivity contribution in [3.05, 3.63) is 77.4 Å². The minimum atomic E-state index is -0.609. The lowest BCUT2D eigenvalue weighted by Crippen LogP contribution is -2.39. The minimum absolute atomic E-state index is 0.253. The normalized spacial score (nSPS) is 15.0. The number of ether oxygens (including phenoxy) is 5. The van der Waals surface area contributed by atoms with Gasteiger partial charge in [0, 0.05) is 16.7 Å². The number of hydrogen-bond acceptors (Lipinski definition) is 6. The smallest absolute Gasteiger partial charge is 0.260 e. The number of carbonyl (C=O) groups excluding carboxylic acids is 1. The molecule has 0 N–H and O–H groups in total. The zero-order valence-electron chi connectivity index (χ0n) is 18.5. The van der Waals surface area contributed by atoms with Gasteiger partial charge in [-0.3, -0.25) is 9.69 Å². The fraction of sp³-hybridized carbons (Fsp3) is 0.240. The molecule has 0 radical (unpaired) electrons. The van der Waals surface area contributed by atoms with Crippen LogP contribution in [0.4, 0.5) is 5.69 Å². The fourth-order valence-electron chi connectivity index (χ4n) is 3.81. The van der Waals surface area contributed by atoms with Crippen LogP contribution in [0.1, 0.15) is 27.7 Å². The molecule has 0 unspecified atom stereocenters. The van der Waals surface area contributed by atoms with Gasteiger partial charge in [0.25, 0.3) is 5.91 Å². The van der Waals surface area contributed by atoms with Crippen LogP contribution in [-0.2, 0) is 11.3 Å². The van der Waals surface area contributed by atoms with E-state index in [1.807, 2.05) is 48.5 Å². The summed E-state index contributed by atoms with van der Waals surface area (Å²) in [6.45, 7) is 0.395. The first-order valence-corrected chi connectivity index (χ1v) is 10.1. The van der Waals surface area contributed by atoms with Crippen LogP contribution in [-0.4, -0.2) is 34.3 Å². The van der Waals surface area contributed by atoms with Crippen LogP contribution in [0.5, 0.6) is 23.0 Å². The highest BCUT2D eigenvalue weighted by molar-refractivity contribution is 6.07. The Morgan fingerprint density at radius 3 is 2.12 bits per heavy atom. The Morgan fingerprint density at radius 2 is 1.53 bits per heavy atom. The predicted octanol–water partition coefficient (Wildman–Crippen LogP) is 4.60. The molecule has 1 amide bonds. The molecule has 3 aromatic carbocycles. The summed E-state index contributed by atoms with van der Waals surface area (Å²) in [6, 6.07) is 18.5. The van der Waals surface area contributed by atoms with Crippen molar-refractivity contribution in [2.24, 2.45) is 0 Å². The van der Waals surface area contributed by atoms with Gasteiger partial charge in [-0.2, -0.15) is 0 Å². The van der Waals surface area contributed by atoms with Crippen LogP contribution in [0.2, 0.25) is 0 Å². The first-order valence-electron chi connectivity index (χ1n) is 10.1. The van der Waals surface area contributed by atoms with Gasteiger partial charge in [0.15, 0.2) is 17.7 Å². The van der Waals surface area contributed by atoms with Crippen LogP contribution < -0.4 is 23.8 Å². The van der Waals surface area contributed by atoms with Gasteiger partial charge in [-0.05, 0) is 30.3 Å². The maximum absolute atomic E-state index is 13.9. The van der Waals surface area contributed by atoms with Crippen LogP contribution in [0, 0.1) is 0 Å². The van der Waals surface area contributed by atoms with Gasteiger partial charge >= 0.3 is 0 Å². The van der Waals surface area contributed by atoms with Crippen molar-refractivity contribution < 1.29 is 28.5 Å². The van der Waals surface area contributed by atoms with E-state index < -0.39 is 6.23 Å². The molecule has 0 spiro atoms. The lowest BCUT2D eigenvalue weighted by molar-refractivity contribution is 0.0254. The zero-order chi connectivity index (χ0) is 22.7. The van der Waals surface area contributed by atoms with E-state index in [1.165, 1.54) is 21.3 Å². The quantitative estimate of drug-likeness (QED) is 0.564. The van der Waals surface area contributed by atoms with Crippen LogP contribution >= 0.6 is 0 Å². The molecule has 1 aliphatic heterocycles. The summed E-state index contributed by atoms with van der Waals surface area (Å²) in [5, 5.41) is 0. The van der Waals surface area contributed by atoms with E-state index in [-0.39, 0.29) is 5.91 Å². The van der Waals surface area contributed by atoms with Crippen molar-refractivity contribution in [3.63, 3.8) is 0 Å². The molecule has 0 saturated heterocycles. The molecule has 0 aromatic heterocycles. The number of anilines is 1. The average Bonchev–Trinajstić information content (AvgIpc) is 2.86. The third kappa shape index (κ3) is 3.83. The molecule has 0 saturated carbocycles. The lowest BCUT2D eigenvalue weighted by Gasteiger charge is -2.37. The van der Waals surface area contributed by atoms with Gasteiger partial charge in [-0.15, -0.1) is 0 Å². The predicted molar refractivity (Wildman–Crippen MR) is 120 cm³/mol. The van der Waals surface area contributed by atoms with Crippen molar-refractivity contribution in [1.29, 1.82) is 0 Å². The molecular formula is C25H25NO6. The third-order valence-electron chi connectivity index (χ3n) is 5.41. The molecular weight excluding hydrogens is 410 g/mol. The number of methoxy groups -OCH3 is 4. The highest BCUT2D eigenvalue weighted by atomic mass is 16.5. The van der Waals surface area contributed by atoms with Gasteiger partial charge in [0.05, 0.1) is 40.7 Å². The van der Waals surface area contributed by atoms with E-state index in [4.69, 9.17) is 23.7 Å². The average molecular weight is 435 g/mol. The molecule has 0 fully saturated rings. The van der Waals surface area contributed by atoms with Crippen LogP contribution in [0.3, 0.4) is 0 Å². The summed E-state index contributed by atoms with van der Waals surface area (Å²) in [6.07, 6.45) is -0.609. The summed E-state index contributed by atoms with van der Waals surface area (Å²) >= 11 is 0. The molecule has 1 aliphatic rings. The highest BCUT2D eigenvalue weighted by Gasteiger charge is 2.34. The van der Waals surface area contributed by atoms with E-state index in [0.717, 1.165) is 22.6 Å². The number of nitrogens with zero attached hydrogens (tertiary/aromatic N) is 1. The van der Waals surface area contributed by atoms with Gasteiger partial charge in [0.2, 0.25) is 5.75 Å². The number of benzene rings is 3. The van der Waals surface area contributed by atoms with Crippen LogP contribution in [0.25, 0.3) is 0 Å². The van der Waals surface area contributed by atoms with E-state index >= 15 is 0 Å². The maximum Gasteiger partial charge on any atom is 0.260 e. The first kappa shape index (κ1) is 21.5. The van der Waals surface area contributed by atoms with Crippen molar-refractivity contribution in [2.75, 3.05) is 33.3 Å². The SMILES string of the molecule is COc1ccc([C@@H]2OCc3ccccc3N2C(=O)c2cc(OC)c(OC)c(OC)c2)cc1.